The van der Waals surface area contributed by atoms with Crippen molar-refractivity contribution in [3.8, 4) is 0 Å². The van der Waals surface area contributed by atoms with E-state index in [-0.39, 0.29) is 0 Å². The Kier molecular flexibility index (Phi) is 4.70. The average Bonchev–Trinajstić information content (AvgIpc) is 2.98. The molecule has 0 aromatic heterocycles. The number of ether oxygens (including phenoxy) is 1. The maximum absolute atomic E-state index is 11.3. The predicted octanol–water partition coefficient (Wildman–Crippen LogP) is 0.160. The van der Waals surface area contributed by atoms with Crippen molar-refractivity contribution in [3.63, 3.8) is 0 Å². The second kappa shape index (κ2) is 5.61. The molecule has 1 fully saturated rings. The fourth-order valence-electron chi connectivity index (χ4n) is 1.72. The van der Waals surface area contributed by atoms with Crippen LogP contribution >= 0.6 is 0 Å². The van der Waals surface area contributed by atoms with Crippen LogP contribution in [0.1, 0.15) is 19.8 Å². The molecule has 5 heteroatoms. The number of carbonyl (C=O) groups is 1. The molecule has 0 bridgehead atoms. The molecule has 0 saturated heterocycles. The van der Waals surface area contributed by atoms with Crippen LogP contribution in [-0.4, -0.2) is 61.4 Å². The summed E-state index contributed by atoms with van der Waals surface area (Å²) in [5.41, 5.74) is -0.857. The minimum Gasteiger partial charge on any atom is -0.480 e. The fourth-order valence-corrected chi connectivity index (χ4v) is 1.72. The van der Waals surface area contributed by atoms with Crippen molar-refractivity contribution in [3.05, 3.63) is 0 Å². The highest BCUT2D eigenvalue weighted by atomic mass is 16.5. The number of hydrogen-bond acceptors (Lipinski definition) is 4. The summed E-state index contributed by atoms with van der Waals surface area (Å²) in [4.78, 5) is 13.3. The lowest BCUT2D eigenvalue weighted by atomic mass is 10.0. The standard InChI is InChI=1S/C11H22N2O3/c1-11(10(14)15,12-9-4-5-9)8-13(2)6-7-16-3/h9,12H,4-8H2,1-3H3,(H,14,15). The van der Waals surface area contributed by atoms with Gasteiger partial charge in [-0.2, -0.15) is 0 Å². The fraction of sp³-hybridized carbons (Fsp3) is 0.909. The number of hydrogen-bond donors (Lipinski definition) is 2. The Balaban J connectivity index is 2.45. The van der Waals surface area contributed by atoms with Gasteiger partial charge in [-0.05, 0) is 26.8 Å². The van der Waals surface area contributed by atoms with Crippen LogP contribution < -0.4 is 5.32 Å². The van der Waals surface area contributed by atoms with Gasteiger partial charge in [0.05, 0.1) is 6.61 Å². The Hall–Kier alpha value is -0.650. The lowest BCUT2D eigenvalue weighted by molar-refractivity contribution is -0.145. The monoisotopic (exact) mass is 230 g/mol. The molecule has 2 N–H and O–H groups in total. The third-order valence-electron chi connectivity index (χ3n) is 2.84. The molecule has 1 saturated carbocycles. The zero-order valence-electron chi connectivity index (χ0n) is 10.3. The Bertz CT molecular complexity index is 243. The van der Waals surface area contributed by atoms with Crippen LogP contribution in [0.2, 0.25) is 0 Å². The summed E-state index contributed by atoms with van der Waals surface area (Å²) in [5, 5.41) is 12.5. The van der Waals surface area contributed by atoms with Crippen molar-refractivity contribution in [2.24, 2.45) is 0 Å². The first-order valence-corrected chi connectivity index (χ1v) is 5.66. The number of nitrogens with one attached hydrogen (secondary N) is 1. The van der Waals surface area contributed by atoms with Gasteiger partial charge in [0, 0.05) is 26.2 Å². The van der Waals surface area contributed by atoms with Crippen molar-refractivity contribution in [2.45, 2.75) is 31.3 Å². The number of methoxy groups -OCH3 is 1. The predicted molar refractivity (Wildman–Crippen MR) is 61.6 cm³/mol. The molecular weight excluding hydrogens is 208 g/mol. The van der Waals surface area contributed by atoms with Crippen LogP contribution in [0.4, 0.5) is 0 Å². The molecular formula is C11H22N2O3. The van der Waals surface area contributed by atoms with Crippen LogP contribution in [0.5, 0.6) is 0 Å². The summed E-state index contributed by atoms with van der Waals surface area (Å²) in [6, 6.07) is 0.386. The van der Waals surface area contributed by atoms with Gasteiger partial charge in [0.1, 0.15) is 5.54 Å². The van der Waals surface area contributed by atoms with Gasteiger partial charge in [0.15, 0.2) is 0 Å². The van der Waals surface area contributed by atoms with Crippen LogP contribution in [0.15, 0.2) is 0 Å². The zero-order valence-corrected chi connectivity index (χ0v) is 10.3. The van der Waals surface area contributed by atoms with Gasteiger partial charge >= 0.3 is 5.97 Å². The minimum absolute atomic E-state index is 0.386. The van der Waals surface area contributed by atoms with Crippen LogP contribution in [0, 0.1) is 0 Å². The topological polar surface area (TPSA) is 61.8 Å². The largest absolute Gasteiger partial charge is 0.480 e. The maximum Gasteiger partial charge on any atom is 0.324 e. The van der Waals surface area contributed by atoms with E-state index in [1.165, 1.54) is 0 Å². The van der Waals surface area contributed by atoms with Gasteiger partial charge in [0.25, 0.3) is 0 Å². The molecule has 16 heavy (non-hydrogen) atoms. The molecule has 0 amide bonds. The number of carboxylic acids is 1. The highest BCUT2D eigenvalue weighted by molar-refractivity contribution is 5.78. The molecule has 1 aliphatic carbocycles. The Morgan fingerprint density at radius 3 is 2.69 bits per heavy atom. The first kappa shape index (κ1) is 13.4. The maximum atomic E-state index is 11.3. The van der Waals surface area contributed by atoms with E-state index in [1.54, 1.807) is 14.0 Å². The molecule has 0 radical (unpaired) electrons. The van der Waals surface area contributed by atoms with E-state index in [0.717, 1.165) is 19.4 Å². The molecule has 0 heterocycles. The number of nitrogens with zero attached hydrogens (tertiary/aromatic N) is 1. The number of aliphatic carboxylic acids is 1. The van der Waals surface area contributed by atoms with Gasteiger partial charge < -0.3 is 14.7 Å². The van der Waals surface area contributed by atoms with Gasteiger partial charge in [-0.15, -0.1) is 0 Å². The average molecular weight is 230 g/mol. The first-order chi connectivity index (χ1) is 7.48. The van der Waals surface area contributed by atoms with Gasteiger partial charge in [-0.1, -0.05) is 0 Å². The quantitative estimate of drug-likeness (QED) is 0.622. The highest BCUT2D eigenvalue weighted by Crippen LogP contribution is 2.23. The van der Waals surface area contributed by atoms with Gasteiger partial charge in [-0.25, -0.2) is 0 Å². The molecule has 1 aliphatic rings. The van der Waals surface area contributed by atoms with Crippen molar-refractivity contribution in [1.29, 1.82) is 0 Å². The third kappa shape index (κ3) is 4.08. The lowest BCUT2D eigenvalue weighted by Crippen LogP contribution is -2.57. The second-order valence-corrected chi connectivity index (χ2v) is 4.79. The highest BCUT2D eigenvalue weighted by Gasteiger charge is 2.39. The summed E-state index contributed by atoms with van der Waals surface area (Å²) in [6.07, 6.45) is 2.18. The minimum atomic E-state index is -0.857. The van der Waals surface area contributed by atoms with E-state index >= 15 is 0 Å². The van der Waals surface area contributed by atoms with E-state index in [9.17, 15) is 9.90 Å². The molecule has 0 aromatic carbocycles. The summed E-state index contributed by atoms with van der Waals surface area (Å²) in [6.45, 7) is 3.60. The van der Waals surface area contributed by atoms with Crippen LogP contribution in [-0.2, 0) is 9.53 Å². The molecule has 0 spiro atoms. The Morgan fingerprint density at radius 1 is 1.62 bits per heavy atom. The second-order valence-electron chi connectivity index (χ2n) is 4.79. The normalized spacial score (nSPS) is 19.8. The van der Waals surface area contributed by atoms with E-state index < -0.39 is 11.5 Å². The Morgan fingerprint density at radius 2 is 2.25 bits per heavy atom. The van der Waals surface area contributed by atoms with E-state index in [0.29, 0.717) is 19.2 Å². The van der Waals surface area contributed by atoms with Crippen molar-refractivity contribution >= 4 is 5.97 Å². The van der Waals surface area contributed by atoms with Crippen molar-refractivity contribution < 1.29 is 14.6 Å². The van der Waals surface area contributed by atoms with Gasteiger partial charge in [-0.3, -0.25) is 10.1 Å². The summed E-state index contributed by atoms with van der Waals surface area (Å²) in [7, 11) is 3.56. The van der Waals surface area contributed by atoms with Crippen LogP contribution in [0.3, 0.4) is 0 Å². The molecule has 5 nitrogen and oxygen atoms in total. The first-order valence-electron chi connectivity index (χ1n) is 5.66. The lowest BCUT2D eigenvalue weighted by Gasteiger charge is -2.31. The van der Waals surface area contributed by atoms with Crippen molar-refractivity contribution in [1.82, 2.24) is 10.2 Å². The Labute approximate surface area is 96.8 Å². The number of rotatable bonds is 8. The van der Waals surface area contributed by atoms with E-state index in [1.807, 2.05) is 11.9 Å². The molecule has 1 unspecified atom stereocenters. The molecule has 0 aliphatic heterocycles. The third-order valence-corrected chi connectivity index (χ3v) is 2.84. The number of likely N-dealkylation sites (N-methyl/N-ethyl adjacent to an activating group) is 1. The zero-order chi connectivity index (χ0) is 12.2. The van der Waals surface area contributed by atoms with E-state index in [4.69, 9.17) is 4.74 Å². The molecule has 94 valence electrons. The van der Waals surface area contributed by atoms with Gasteiger partial charge in [0.2, 0.25) is 0 Å². The molecule has 1 atom stereocenters. The SMILES string of the molecule is COCCN(C)CC(C)(NC1CC1)C(=O)O. The summed E-state index contributed by atoms with van der Waals surface area (Å²) >= 11 is 0. The van der Waals surface area contributed by atoms with E-state index in [2.05, 4.69) is 5.32 Å². The molecule has 0 aromatic rings. The van der Waals surface area contributed by atoms with Crippen molar-refractivity contribution in [2.75, 3.05) is 33.9 Å². The summed E-state index contributed by atoms with van der Waals surface area (Å²) < 4.78 is 4.97. The molecule has 1 rings (SSSR count). The number of carboxylic acid groups (broad SMARTS) is 1. The van der Waals surface area contributed by atoms with Crippen LogP contribution in [0.25, 0.3) is 0 Å². The summed E-state index contributed by atoms with van der Waals surface area (Å²) in [5.74, 6) is -0.788. The smallest absolute Gasteiger partial charge is 0.324 e.